The first-order valence-electron chi connectivity index (χ1n) is 7.97. The second-order valence-electron chi connectivity index (χ2n) is 5.33. The van der Waals surface area contributed by atoms with Gasteiger partial charge in [-0.3, -0.25) is 9.78 Å². The number of aromatic nitrogens is 4. The highest BCUT2D eigenvalue weighted by atomic mass is 35.5. The minimum atomic E-state index is 0.159. The van der Waals surface area contributed by atoms with E-state index < -0.39 is 0 Å². The number of carbonyl (C=O) groups excluding carboxylic acids is 1. The van der Waals surface area contributed by atoms with Crippen LogP contribution in [0.15, 0.2) is 73.5 Å². The molecule has 3 rings (SSSR count). The lowest BCUT2D eigenvalue weighted by molar-refractivity contribution is -0.603. The molecule has 3 aromatic rings. The summed E-state index contributed by atoms with van der Waals surface area (Å²) < 4.78 is 1.73. The fraction of sp³-hybridized carbons (Fsp3) is 0. The molecule has 0 radical (unpaired) electrons. The Bertz CT molecular complexity index is 987. The van der Waals surface area contributed by atoms with Crippen LogP contribution in [0.1, 0.15) is 0 Å². The van der Waals surface area contributed by atoms with Crippen LogP contribution >= 0.6 is 11.6 Å². The first-order chi connectivity index (χ1) is 13.2. The standard InChI is InChI=1S/C19H15ClN6O/c20-16-17(21)24-19(25-18(16)23-8-2-1-3-13-27)26-11-6-15(7-12-26)14-4-9-22-10-5-14/h1-13H,(H2-,21,23,24,25,27)/p+1. The smallest absolute Gasteiger partial charge is 0.368 e. The third kappa shape index (κ3) is 4.53. The Hall–Kier alpha value is -3.58. The fourth-order valence-corrected chi connectivity index (χ4v) is 2.39. The van der Waals surface area contributed by atoms with Gasteiger partial charge in [0.05, 0.1) is 12.4 Å². The third-order valence-corrected chi connectivity index (χ3v) is 3.93. The number of nitrogen functional groups attached to an aromatic ring is 1. The number of hydrogen-bond acceptors (Lipinski definition) is 6. The molecule has 0 aromatic carbocycles. The Labute approximate surface area is 160 Å². The maximum atomic E-state index is 10.2. The van der Waals surface area contributed by atoms with E-state index >= 15 is 0 Å². The fourth-order valence-electron chi connectivity index (χ4n) is 2.25. The molecule has 3 N–H and O–H groups in total. The molecule has 0 aliphatic rings. The average molecular weight is 380 g/mol. The zero-order chi connectivity index (χ0) is 19.1. The normalized spacial score (nSPS) is 11.1. The average Bonchev–Trinajstić information content (AvgIpc) is 2.71. The first kappa shape index (κ1) is 18.2. The summed E-state index contributed by atoms with van der Waals surface area (Å²) in [5.41, 5.74) is 8.00. The predicted molar refractivity (Wildman–Crippen MR) is 104 cm³/mol. The van der Waals surface area contributed by atoms with Gasteiger partial charge in [-0.1, -0.05) is 17.7 Å². The number of rotatable bonds is 6. The van der Waals surface area contributed by atoms with Crippen molar-refractivity contribution in [1.82, 2.24) is 15.0 Å². The molecular formula is C19H16ClN6O+. The Kier molecular flexibility index (Phi) is 5.86. The molecule has 0 unspecified atom stereocenters. The van der Waals surface area contributed by atoms with Crippen LogP contribution in [-0.4, -0.2) is 21.2 Å². The molecule has 27 heavy (non-hydrogen) atoms. The molecule has 0 saturated heterocycles. The molecule has 0 fully saturated rings. The highest BCUT2D eigenvalue weighted by Gasteiger charge is 2.19. The van der Waals surface area contributed by atoms with Crippen LogP contribution in [0.5, 0.6) is 0 Å². The van der Waals surface area contributed by atoms with Crippen LogP contribution in [0.3, 0.4) is 0 Å². The summed E-state index contributed by atoms with van der Waals surface area (Å²) in [6.07, 6.45) is 14.0. The van der Waals surface area contributed by atoms with E-state index in [1.807, 2.05) is 36.7 Å². The summed E-state index contributed by atoms with van der Waals surface area (Å²) in [6.45, 7) is 0. The van der Waals surface area contributed by atoms with Gasteiger partial charge in [-0.2, -0.15) is 0 Å². The van der Waals surface area contributed by atoms with Crippen molar-refractivity contribution >= 4 is 29.5 Å². The van der Waals surface area contributed by atoms with Gasteiger partial charge in [-0.15, -0.1) is 0 Å². The van der Waals surface area contributed by atoms with Crippen molar-refractivity contribution in [1.29, 1.82) is 0 Å². The summed E-state index contributed by atoms with van der Waals surface area (Å²) >= 11 is 6.16. The minimum absolute atomic E-state index is 0.159. The van der Waals surface area contributed by atoms with E-state index in [2.05, 4.69) is 20.3 Å². The molecule has 3 heterocycles. The maximum absolute atomic E-state index is 10.2. The zero-order valence-corrected chi connectivity index (χ0v) is 14.9. The van der Waals surface area contributed by atoms with Crippen LogP contribution in [0.25, 0.3) is 17.1 Å². The van der Waals surface area contributed by atoms with Gasteiger partial charge < -0.3 is 11.1 Å². The Morgan fingerprint density at radius 2 is 1.70 bits per heavy atom. The van der Waals surface area contributed by atoms with Crippen molar-refractivity contribution in [2.75, 3.05) is 11.1 Å². The number of nitrogens with one attached hydrogen (secondary N) is 1. The van der Waals surface area contributed by atoms with Crippen molar-refractivity contribution in [3.05, 3.63) is 78.5 Å². The second kappa shape index (κ2) is 8.68. The molecule has 0 spiro atoms. The Morgan fingerprint density at radius 1 is 1.00 bits per heavy atom. The number of allylic oxidation sites excluding steroid dienone is 3. The first-order valence-corrected chi connectivity index (χ1v) is 8.35. The summed E-state index contributed by atoms with van der Waals surface area (Å²) in [7, 11) is 0. The summed E-state index contributed by atoms with van der Waals surface area (Å²) in [4.78, 5) is 22.9. The molecule has 7 nitrogen and oxygen atoms in total. The van der Waals surface area contributed by atoms with E-state index in [-0.39, 0.29) is 10.8 Å². The second-order valence-corrected chi connectivity index (χ2v) is 5.70. The van der Waals surface area contributed by atoms with E-state index in [4.69, 9.17) is 17.3 Å². The van der Waals surface area contributed by atoms with Gasteiger partial charge in [0.1, 0.15) is 6.29 Å². The van der Waals surface area contributed by atoms with Crippen molar-refractivity contribution < 1.29 is 9.36 Å². The van der Waals surface area contributed by atoms with Crippen LogP contribution in [0, 0.1) is 0 Å². The largest absolute Gasteiger partial charge is 0.441 e. The van der Waals surface area contributed by atoms with Crippen LogP contribution < -0.4 is 15.6 Å². The van der Waals surface area contributed by atoms with Gasteiger partial charge in [-0.25, -0.2) is 4.57 Å². The van der Waals surface area contributed by atoms with Crippen molar-refractivity contribution in [3.63, 3.8) is 0 Å². The van der Waals surface area contributed by atoms with Crippen LogP contribution in [0.4, 0.5) is 11.6 Å². The number of anilines is 2. The van der Waals surface area contributed by atoms with Crippen molar-refractivity contribution in [2.45, 2.75) is 0 Å². The molecule has 134 valence electrons. The monoisotopic (exact) mass is 379 g/mol. The number of nitrogens with zero attached hydrogens (tertiary/aromatic N) is 4. The molecular weight excluding hydrogens is 364 g/mol. The van der Waals surface area contributed by atoms with E-state index in [0.717, 1.165) is 11.1 Å². The SMILES string of the molecule is Nc1nc(-[n+]2ccc(-c3ccncc3)cc2)nc(N/C=C/C=C/C=O)c1Cl. The minimum Gasteiger partial charge on any atom is -0.368 e. The number of carbonyl (C=O) groups is 1. The molecule has 0 aliphatic heterocycles. The zero-order valence-electron chi connectivity index (χ0n) is 14.2. The molecule has 0 amide bonds. The Balaban J connectivity index is 1.87. The van der Waals surface area contributed by atoms with E-state index in [1.54, 1.807) is 35.3 Å². The van der Waals surface area contributed by atoms with Crippen LogP contribution in [-0.2, 0) is 4.79 Å². The molecule has 0 bridgehead atoms. The van der Waals surface area contributed by atoms with Gasteiger partial charge in [0, 0.05) is 18.6 Å². The van der Waals surface area contributed by atoms with Crippen LogP contribution in [0.2, 0.25) is 5.02 Å². The van der Waals surface area contributed by atoms with Gasteiger partial charge in [0.25, 0.3) is 0 Å². The highest BCUT2D eigenvalue weighted by Crippen LogP contribution is 2.25. The number of nitrogens with two attached hydrogens (primary N) is 1. The summed E-state index contributed by atoms with van der Waals surface area (Å²) in [5.74, 6) is 0.893. The lowest BCUT2D eigenvalue weighted by Crippen LogP contribution is -2.32. The van der Waals surface area contributed by atoms with E-state index in [9.17, 15) is 4.79 Å². The number of halogens is 1. The lowest BCUT2D eigenvalue weighted by atomic mass is 10.1. The molecule has 0 aliphatic carbocycles. The molecule has 3 aromatic heterocycles. The highest BCUT2D eigenvalue weighted by molar-refractivity contribution is 6.35. The quantitative estimate of drug-likeness (QED) is 0.296. The number of hydrogen-bond donors (Lipinski definition) is 2. The third-order valence-electron chi connectivity index (χ3n) is 3.56. The predicted octanol–water partition coefficient (Wildman–Crippen LogP) is 2.73. The topological polar surface area (TPSA) is 97.7 Å². The van der Waals surface area contributed by atoms with Crippen molar-refractivity contribution in [2.24, 2.45) is 0 Å². The summed E-state index contributed by atoms with van der Waals surface area (Å²) in [6, 6.07) is 7.76. The van der Waals surface area contributed by atoms with E-state index in [0.29, 0.717) is 18.1 Å². The molecule has 0 saturated carbocycles. The van der Waals surface area contributed by atoms with Crippen molar-refractivity contribution in [3.8, 4) is 17.1 Å². The molecule has 8 heteroatoms. The number of aldehydes is 1. The van der Waals surface area contributed by atoms with Gasteiger partial charge in [0.15, 0.2) is 5.02 Å². The van der Waals surface area contributed by atoms with Gasteiger partial charge in [0.2, 0.25) is 11.6 Å². The maximum Gasteiger partial charge on any atom is 0.441 e. The Morgan fingerprint density at radius 3 is 2.41 bits per heavy atom. The van der Waals surface area contributed by atoms with Gasteiger partial charge in [-0.05, 0) is 57.5 Å². The molecule has 0 atom stereocenters. The van der Waals surface area contributed by atoms with Gasteiger partial charge >= 0.3 is 5.95 Å². The van der Waals surface area contributed by atoms with E-state index in [1.165, 1.54) is 6.08 Å². The lowest BCUT2D eigenvalue weighted by Gasteiger charge is -2.04. The number of pyridine rings is 2. The summed E-state index contributed by atoms with van der Waals surface area (Å²) in [5, 5.41) is 3.15.